The van der Waals surface area contributed by atoms with Gasteiger partial charge in [-0.3, -0.25) is 9.10 Å². The maximum absolute atomic E-state index is 12.4. The molecule has 1 saturated carbocycles. The van der Waals surface area contributed by atoms with E-state index in [1.807, 2.05) is 0 Å². The predicted molar refractivity (Wildman–Crippen MR) is 112 cm³/mol. The van der Waals surface area contributed by atoms with Gasteiger partial charge < -0.3 is 10.1 Å². The van der Waals surface area contributed by atoms with Gasteiger partial charge in [-0.1, -0.05) is 23.7 Å². The van der Waals surface area contributed by atoms with Gasteiger partial charge >= 0.3 is 0 Å². The highest BCUT2D eigenvalue weighted by Gasteiger charge is 2.23. The lowest BCUT2D eigenvalue weighted by Crippen LogP contribution is -2.37. The maximum atomic E-state index is 12.4. The topological polar surface area (TPSA) is 75.7 Å². The third kappa shape index (κ3) is 5.39. The first kappa shape index (κ1) is 20.5. The number of hydrogen-bond acceptors (Lipinski definition) is 4. The van der Waals surface area contributed by atoms with Crippen LogP contribution < -0.4 is 14.4 Å². The fraction of sp³-hybridized carbons (Fsp3) is 0.350. The van der Waals surface area contributed by atoms with Crippen LogP contribution in [-0.4, -0.2) is 33.2 Å². The van der Waals surface area contributed by atoms with Gasteiger partial charge in [-0.15, -0.1) is 0 Å². The molecule has 0 saturated heterocycles. The van der Waals surface area contributed by atoms with Crippen molar-refractivity contribution < 1.29 is 17.9 Å². The zero-order chi connectivity index (χ0) is 20.1. The van der Waals surface area contributed by atoms with Crippen molar-refractivity contribution in [1.29, 1.82) is 0 Å². The highest BCUT2D eigenvalue weighted by molar-refractivity contribution is 7.92. The Labute approximate surface area is 170 Å². The number of hydrogen-bond donors (Lipinski definition) is 1. The monoisotopic (exact) mass is 422 g/mol. The lowest BCUT2D eigenvalue weighted by molar-refractivity contribution is -0.114. The van der Waals surface area contributed by atoms with Crippen molar-refractivity contribution in [1.82, 2.24) is 0 Å². The summed E-state index contributed by atoms with van der Waals surface area (Å²) in [5.74, 6) is 0.300. The number of anilines is 2. The van der Waals surface area contributed by atoms with E-state index in [0.29, 0.717) is 5.69 Å². The Morgan fingerprint density at radius 2 is 1.79 bits per heavy atom. The van der Waals surface area contributed by atoms with Crippen molar-refractivity contribution >= 4 is 38.9 Å². The number of carbonyl (C=O) groups is 1. The molecule has 1 aliphatic rings. The number of carbonyl (C=O) groups excluding carboxylic acids is 1. The highest BCUT2D eigenvalue weighted by atomic mass is 35.5. The Balaban J connectivity index is 1.65. The van der Waals surface area contributed by atoms with Crippen LogP contribution in [0.15, 0.2) is 48.5 Å². The molecule has 0 atom stereocenters. The van der Waals surface area contributed by atoms with Crippen molar-refractivity contribution in [2.45, 2.75) is 31.8 Å². The van der Waals surface area contributed by atoms with Crippen LogP contribution in [0.2, 0.25) is 5.02 Å². The normalized spacial score (nSPS) is 14.6. The molecule has 2 aromatic rings. The van der Waals surface area contributed by atoms with Gasteiger partial charge in [-0.25, -0.2) is 8.42 Å². The molecule has 6 nitrogen and oxygen atoms in total. The average molecular weight is 423 g/mol. The van der Waals surface area contributed by atoms with Gasteiger partial charge in [0.05, 0.1) is 23.1 Å². The molecule has 150 valence electrons. The van der Waals surface area contributed by atoms with Gasteiger partial charge in [0, 0.05) is 5.69 Å². The third-order valence-corrected chi connectivity index (χ3v) is 6.00. The summed E-state index contributed by atoms with van der Waals surface area (Å²) in [6.07, 6.45) is 5.84. The summed E-state index contributed by atoms with van der Waals surface area (Å²) in [6.45, 7) is -0.372. The van der Waals surface area contributed by atoms with Gasteiger partial charge in [0.1, 0.15) is 12.3 Å². The second-order valence-electron chi connectivity index (χ2n) is 6.82. The van der Waals surface area contributed by atoms with Gasteiger partial charge in [-0.05, 0) is 62.1 Å². The minimum absolute atomic E-state index is 0.258. The van der Waals surface area contributed by atoms with Crippen LogP contribution in [0.4, 0.5) is 11.4 Å². The van der Waals surface area contributed by atoms with Crippen LogP contribution in [0.1, 0.15) is 25.7 Å². The minimum atomic E-state index is -3.68. The molecule has 1 N–H and O–H groups in total. The first-order valence-electron chi connectivity index (χ1n) is 9.12. The number of ether oxygens (including phenoxy) is 1. The van der Waals surface area contributed by atoms with Crippen LogP contribution in [0.3, 0.4) is 0 Å². The molecule has 0 bridgehead atoms. The van der Waals surface area contributed by atoms with Gasteiger partial charge in [0.15, 0.2) is 0 Å². The van der Waals surface area contributed by atoms with Gasteiger partial charge in [-0.2, -0.15) is 0 Å². The number of para-hydroxylation sites is 1. The number of nitrogens with zero attached hydrogens (tertiary/aromatic N) is 1. The molecule has 0 aliphatic heterocycles. The van der Waals surface area contributed by atoms with E-state index < -0.39 is 15.9 Å². The van der Waals surface area contributed by atoms with Crippen molar-refractivity contribution in [3.8, 4) is 5.75 Å². The van der Waals surface area contributed by atoms with Crippen LogP contribution in [0.5, 0.6) is 5.75 Å². The predicted octanol–water partition coefficient (Wildman–Crippen LogP) is 4.07. The summed E-state index contributed by atoms with van der Waals surface area (Å²) < 4.78 is 31.2. The number of benzene rings is 2. The fourth-order valence-electron chi connectivity index (χ4n) is 3.18. The van der Waals surface area contributed by atoms with Crippen molar-refractivity contribution in [3.63, 3.8) is 0 Å². The molecule has 2 aromatic carbocycles. The summed E-state index contributed by atoms with van der Waals surface area (Å²) in [5.41, 5.74) is 0.832. The highest BCUT2D eigenvalue weighted by Crippen LogP contribution is 2.27. The largest absolute Gasteiger partial charge is 0.490 e. The summed E-state index contributed by atoms with van der Waals surface area (Å²) in [4.78, 5) is 12.4. The second kappa shape index (κ2) is 8.84. The van der Waals surface area contributed by atoms with E-state index in [9.17, 15) is 13.2 Å². The van der Waals surface area contributed by atoms with Crippen molar-refractivity contribution in [2.75, 3.05) is 22.4 Å². The lowest BCUT2D eigenvalue weighted by Gasteiger charge is -2.22. The molecule has 0 radical (unpaired) electrons. The van der Waals surface area contributed by atoms with Crippen molar-refractivity contribution in [2.24, 2.45) is 0 Å². The van der Waals surface area contributed by atoms with E-state index in [1.54, 1.807) is 48.5 Å². The molecule has 1 aliphatic carbocycles. The van der Waals surface area contributed by atoms with Crippen LogP contribution in [-0.2, 0) is 14.8 Å². The molecule has 1 fully saturated rings. The van der Waals surface area contributed by atoms with Gasteiger partial charge in [0.2, 0.25) is 15.9 Å². The first-order valence-corrected chi connectivity index (χ1v) is 11.3. The van der Waals surface area contributed by atoms with E-state index in [-0.39, 0.29) is 23.4 Å². The fourth-order valence-corrected chi connectivity index (χ4v) is 4.34. The third-order valence-electron chi connectivity index (χ3n) is 4.55. The molecule has 0 aromatic heterocycles. The van der Waals surface area contributed by atoms with Crippen LogP contribution >= 0.6 is 11.6 Å². The first-order chi connectivity index (χ1) is 13.3. The zero-order valence-electron chi connectivity index (χ0n) is 15.6. The van der Waals surface area contributed by atoms with Crippen LogP contribution in [0, 0.1) is 0 Å². The summed E-state index contributed by atoms with van der Waals surface area (Å²) in [7, 11) is -3.68. The number of halogens is 1. The smallest absolute Gasteiger partial charge is 0.245 e. The summed E-state index contributed by atoms with van der Waals surface area (Å²) >= 11 is 6.10. The summed E-state index contributed by atoms with van der Waals surface area (Å²) in [5, 5.41) is 2.97. The molecule has 0 heterocycles. The molecule has 28 heavy (non-hydrogen) atoms. The maximum Gasteiger partial charge on any atom is 0.245 e. The number of sulfonamides is 1. The average Bonchev–Trinajstić information content (AvgIpc) is 3.14. The summed E-state index contributed by atoms with van der Waals surface area (Å²) in [6, 6.07) is 13.6. The Bertz CT molecular complexity index is 925. The lowest BCUT2D eigenvalue weighted by atomic mass is 10.2. The number of nitrogens with one attached hydrogen (secondary N) is 1. The molecule has 1 amide bonds. The molecule has 0 unspecified atom stereocenters. The van der Waals surface area contributed by atoms with Crippen LogP contribution in [0.25, 0.3) is 0 Å². The van der Waals surface area contributed by atoms with E-state index in [2.05, 4.69) is 5.32 Å². The quantitative estimate of drug-likeness (QED) is 0.729. The standard InChI is InChI=1S/C20H23ClN2O4S/c1-28(25,26)23(19-9-5-4-8-18(19)21)14-20(24)22-15-10-12-17(13-11-15)27-16-6-2-3-7-16/h4-5,8-13,16H,2-3,6-7,14H2,1H3,(H,22,24). The van der Waals surface area contributed by atoms with E-state index in [4.69, 9.17) is 16.3 Å². The Morgan fingerprint density at radius 3 is 2.39 bits per heavy atom. The van der Waals surface area contributed by atoms with Gasteiger partial charge in [0.25, 0.3) is 0 Å². The molecule has 8 heteroatoms. The number of amides is 1. The van der Waals surface area contributed by atoms with E-state index >= 15 is 0 Å². The molecule has 0 spiro atoms. The van der Waals surface area contributed by atoms with E-state index in [1.165, 1.54) is 12.8 Å². The SMILES string of the molecule is CS(=O)(=O)N(CC(=O)Nc1ccc(OC2CCCC2)cc1)c1ccccc1Cl. The molecular weight excluding hydrogens is 400 g/mol. The minimum Gasteiger partial charge on any atom is -0.490 e. The second-order valence-corrected chi connectivity index (χ2v) is 9.13. The Morgan fingerprint density at radius 1 is 1.14 bits per heavy atom. The Hall–Kier alpha value is -2.25. The number of rotatable bonds is 7. The molecule has 3 rings (SSSR count). The zero-order valence-corrected chi connectivity index (χ0v) is 17.2. The molecular formula is C20H23ClN2O4S. The van der Waals surface area contributed by atoms with Crippen molar-refractivity contribution in [3.05, 3.63) is 53.6 Å². The Kier molecular flexibility index (Phi) is 6.46. The van der Waals surface area contributed by atoms with E-state index in [0.717, 1.165) is 29.2 Å².